The quantitative estimate of drug-likeness (QED) is 0.160. The molecule has 2 aliphatic heterocycles. The Morgan fingerprint density at radius 1 is 1.21 bits per heavy atom. The van der Waals surface area contributed by atoms with Gasteiger partial charge in [-0.2, -0.15) is 0 Å². The van der Waals surface area contributed by atoms with E-state index in [1.807, 2.05) is 0 Å². The largest absolute Gasteiger partial charge is 0.477 e. The zero-order chi connectivity index (χ0) is 27.0. The molecule has 1 saturated heterocycles. The second kappa shape index (κ2) is 11.8. The molecule has 0 spiro atoms. The van der Waals surface area contributed by atoms with Crippen LogP contribution in [0.4, 0.5) is 5.82 Å². The number of nitrogen functional groups attached to an aromatic ring is 1. The number of amides is 2. The third kappa shape index (κ3) is 5.73. The maximum Gasteiger partial charge on any atom is 0.353 e. The van der Waals surface area contributed by atoms with Crippen LogP contribution in [0.1, 0.15) is 17.7 Å². The topological polar surface area (TPSA) is 139 Å². The number of aromatic nitrogens is 2. The number of hydrogen-bond donors (Lipinski definition) is 3. The molecule has 38 heavy (non-hydrogen) atoms. The van der Waals surface area contributed by atoms with Crippen molar-refractivity contribution in [1.82, 2.24) is 20.2 Å². The zero-order valence-corrected chi connectivity index (χ0v) is 24.4. The number of anilines is 1. The molecule has 3 aliphatic rings. The van der Waals surface area contributed by atoms with Crippen LogP contribution in [0, 0.1) is 0 Å². The zero-order valence-electron chi connectivity index (χ0n) is 19.6. The van der Waals surface area contributed by atoms with Crippen LogP contribution in [0.2, 0.25) is 10.0 Å². The molecule has 2 atom stereocenters. The van der Waals surface area contributed by atoms with E-state index in [4.69, 9.17) is 28.9 Å². The predicted octanol–water partition coefficient (Wildman–Crippen LogP) is 4.13. The summed E-state index contributed by atoms with van der Waals surface area (Å²) >= 11 is 17.5. The second-order valence-electron chi connectivity index (χ2n) is 8.47. The van der Waals surface area contributed by atoms with Gasteiger partial charge in [-0.3, -0.25) is 14.5 Å². The second-order valence-corrected chi connectivity index (χ2v) is 13.8. The molecule has 1 aliphatic carbocycles. The van der Waals surface area contributed by atoms with Gasteiger partial charge in [0, 0.05) is 26.1 Å². The molecule has 200 valence electrons. The summed E-state index contributed by atoms with van der Waals surface area (Å²) in [4.78, 5) is 49.0. The first kappa shape index (κ1) is 27.8. The fourth-order valence-electron chi connectivity index (χ4n) is 4.30. The van der Waals surface area contributed by atoms with Gasteiger partial charge in [0.15, 0.2) is 5.16 Å². The minimum atomic E-state index is -1.18. The van der Waals surface area contributed by atoms with Crippen molar-refractivity contribution in [2.24, 2.45) is 0 Å². The number of nitrogens with one attached hydrogen (secondary N) is 1. The van der Waals surface area contributed by atoms with Crippen molar-refractivity contribution in [1.29, 1.82) is 0 Å². The number of thioether (sulfide) groups is 4. The Hall–Kier alpha value is -1.77. The van der Waals surface area contributed by atoms with E-state index in [0.717, 1.165) is 30.5 Å². The summed E-state index contributed by atoms with van der Waals surface area (Å²) in [5.41, 5.74) is 8.04. The van der Waals surface area contributed by atoms with Gasteiger partial charge in [0.05, 0.1) is 21.6 Å². The van der Waals surface area contributed by atoms with Crippen molar-refractivity contribution in [2.75, 3.05) is 22.3 Å². The smallest absolute Gasteiger partial charge is 0.353 e. The SMILES string of the molecule is Nc1nc(SCSC2=C(C(=O)O)N3C(=O)C(NC(=O)CSc4cc(Cl)ccc4Cl)[C@H]3SC2)nc2c1CCC2. The molecule has 9 nitrogen and oxygen atoms in total. The highest BCUT2D eigenvalue weighted by Gasteiger charge is 2.54. The lowest BCUT2D eigenvalue weighted by Gasteiger charge is -2.49. The molecule has 1 aromatic heterocycles. The van der Waals surface area contributed by atoms with Gasteiger partial charge in [0.25, 0.3) is 5.91 Å². The normalized spacial score (nSPS) is 20.2. The molecule has 2 aromatic rings. The number of hydrogen-bond acceptors (Lipinski definition) is 10. The van der Waals surface area contributed by atoms with Crippen molar-refractivity contribution >= 4 is 93.9 Å². The van der Waals surface area contributed by atoms with E-state index in [1.165, 1.54) is 51.9 Å². The Morgan fingerprint density at radius 2 is 2.03 bits per heavy atom. The molecule has 0 bridgehead atoms. The van der Waals surface area contributed by atoms with Crippen LogP contribution in [0.25, 0.3) is 0 Å². The molecule has 1 unspecified atom stereocenters. The average molecular weight is 631 g/mol. The number of carbonyl (C=O) groups is 3. The van der Waals surface area contributed by atoms with Crippen LogP contribution in [0.5, 0.6) is 0 Å². The highest BCUT2D eigenvalue weighted by molar-refractivity contribution is 8.18. The van der Waals surface area contributed by atoms with Crippen molar-refractivity contribution in [3.05, 3.63) is 50.1 Å². The first-order valence-electron chi connectivity index (χ1n) is 11.4. The third-order valence-electron chi connectivity index (χ3n) is 6.07. The van der Waals surface area contributed by atoms with Crippen molar-refractivity contribution in [2.45, 2.75) is 40.7 Å². The lowest BCUT2D eigenvalue weighted by Crippen LogP contribution is -2.70. The third-order valence-corrected chi connectivity index (χ3v) is 11.3. The molecule has 15 heteroatoms. The summed E-state index contributed by atoms with van der Waals surface area (Å²) in [5.74, 6) is -1.01. The lowest BCUT2D eigenvalue weighted by atomic mass is 10.1. The number of benzene rings is 1. The first-order chi connectivity index (χ1) is 18.2. The first-order valence-corrected chi connectivity index (χ1v) is 16.2. The van der Waals surface area contributed by atoms with Crippen LogP contribution in [-0.4, -0.2) is 65.8 Å². The maximum absolute atomic E-state index is 12.9. The van der Waals surface area contributed by atoms with E-state index in [-0.39, 0.29) is 17.4 Å². The van der Waals surface area contributed by atoms with Gasteiger partial charge in [0.2, 0.25) is 5.91 Å². The summed E-state index contributed by atoms with van der Waals surface area (Å²) < 4.78 is 0. The number of β-lactam (4-membered cyclic amide) rings is 1. The standard InChI is InChI=1S/C23H21Cl2N5O4S4/c24-10-4-5-12(25)14(6-10)35-8-16(31)28-17-20(32)30-18(22(33)34)15(7-36-21(17)30)37-9-38-23-27-13-3-1-2-11(13)19(26)29-23/h4-6,17,21H,1-3,7-9H2,(H,28,31)(H,33,34)(H2,26,27,29)/t17?,21-/m1/s1. The minimum Gasteiger partial charge on any atom is -0.477 e. The fourth-order valence-corrected chi connectivity index (χ4v) is 9.23. The van der Waals surface area contributed by atoms with E-state index in [0.29, 0.717) is 41.7 Å². The number of aryl methyl sites for hydroxylation is 1. The summed E-state index contributed by atoms with van der Waals surface area (Å²) in [6.07, 6.45) is 2.80. The Balaban J connectivity index is 1.19. The highest BCUT2D eigenvalue weighted by atomic mass is 35.5. The van der Waals surface area contributed by atoms with Crippen molar-refractivity contribution in [3.8, 4) is 0 Å². The van der Waals surface area contributed by atoms with Crippen LogP contribution >= 0.6 is 70.2 Å². The number of nitrogens with two attached hydrogens (primary N) is 1. The number of carboxylic acids is 1. The number of aliphatic carboxylic acids is 1. The van der Waals surface area contributed by atoms with Gasteiger partial charge in [0.1, 0.15) is 22.9 Å². The van der Waals surface area contributed by atoms with Crippen LogP contribution in [0.3, 0.4) is 0 Å². The maximum atomic E-state index is 12.9. The summed E-state index contributed by atoms with van der Waals surface area (Å²) in [5, 5.41) is 14.2. The van der Waals surface area contributed by atoms with Crippen molar-refractivity contribution in [3.63, 3.8) is 0 Å². The van der Waals surface area contributed by atoms with Gasteiger partial charge in [-0.25, -0.2) is 14.8 Å². The molecule has 3 heterocycles. The molecule has 0 radical (unpaired) electrons. The molecule has 5 rings (SSSR count). The molecule has 2 amide bonds. The van der Waals surface area contributed by atoms with Gasteiger partial charge < -0.3 is 16.2 Å². The van der Waals surface area contributed by atoms with Gasteiger partial charge in [-0.1, -0.05) is 35.0 Å². The average Bonchev–Trinajstić information content (AvgIpc) is 3.36. The van der Waals surface area contributed by atoms with E-state index in [1.54, 1.807) is 18.2 Å². The molecular formula is C23H21Cl2N5O4S4. The Morgan fingerprint density at radius 3 is 2.82 bits per heavy atom. The van der Waals surface area contributed by atoms with Gasteiger partial charge in [-0.15, -0.1) is 35.3 Å². The van der Waals surface area contributed by atoms with Crippen LogP contribution < -0.4 is 11.1 Å². The number of rotatable bonds is 9. The van der Waals surface area contributed by atoms with Crippen LogP contribution in [0.15, 0.2) is 38.9 Å². The molecule has 1 aromatic carbocycles. The summed E-state index contributed by atoms with van der Waals surface area (Å²) in [6, 6.07) is 4.19. The molecule has 4 N–H and O–H groups in total. The Labute approximate surface area is 245 Å². The molecule has 0 saturated carbocycles. The summed E-state index contributed by atoms with van der Waals surface area (Å²) in [6.45, 7) is 0. The Kier molecular flexibility index (Phi) is 8.60. The lowest BCUT2D eigenvalue weighted by molar-refractivity contribution is -0.150. The number of fused-ring (bicyclic) bond motifs is 2. The predicted molar refractivity (Wildman–Crippen MR) is 154 cm³/mol. The number of carbonyl (C=O) groups excluding carboxylic acids is 2. The number of halogens is 2. The van der Waals surface area contributed by atoms with Crippen LogP contribution in [-0.2, 0) is 27.2 Å². The summed E-state index contributed by atoms with van der Waals surface area (Å²) in [7, 11) is 0. The van der Waals surface area contributed by atoms with Gasteiger partial charge in [-0.05, 0) is 37.5 Å². The minimum absolute atomic E-state index is 0.0377. The number of nitrogens with zero attached hydrogens (tertiary/aromatic N) is 3. The van der Waals surface area contributed by atoms with E-state index >= 15 is 0 Å². The van der Waals surface area contributed by atoms with Gasteiger partial charge >= 0.3 is 5.97 Å². The highest BCUT2D eigenvalue weighted by Crippen LogP contribution is 2.44. The number of carboxylic acid groups (broad SMARTS) is 1. The Bertz CT molecular complexity index is 1360. The van der Waals surface area contributed by atoms with Crippen molar-refractivity contribution < 1.29 is 19.5 Å². The monoisotopic (exact) mass is 629 g/mol. The van der Waals surface area contributed by atoms with E-state index in [2.05, 4.69) is 15.3 Å². The molecular weight excluding hydrogens is 609 g/mol. The fraction of sp³-hybridized carbons (Fsp3) is 0.348. The van der Waals surface area contributed by atoms with E-state index in [9.17, 15) is 19.5 Å². The molecule has 1 fully saturated rings. The van der Waals surface area contributed by atoms with E-state index < -0.39 is 23.3 Å².